The van der Waals surface area contributed by atoms with Gasteiger partial charge in [-0.3, -0.25) is 14.4 Å². The number of hydrogen-bond donors (Lipinski definition) is 1. The Morgan fingerprint density at radius 1 is 1.27 bits per heavy atom. The number of hydrogen-bond acceptors (Lipinski definition) is 5. The Morgan fingerprint density at radius 2 is 1.87 bits per heavy atom. The van der Waals surface area contributed by atoms with Gasteiger partial charge in [0.2, 0.25) is 0 Å². The summed E-state index contributed by atoms with van der Waals surface area (Å²) in [4.78, 5) is 32.0. The van der Waals surface area contributed by atoms with Gasteiger partial charge in [0.05, 0.1) is 19.4 Å². The Morgan fingerprint density at radius 3 is 2.27 bits per heavy atom. The molecule has 0 amide bonds. The van der Waals surface area contributed by atoms with Crippen molar-refractivity contribution in [2.75, 3.05) is 6.61 Å². The molecule has 0 radical (unpaired) electrons. The normalized spacial score (nSPS) is 11.6. The summed E-state index contributed by atoms with van der Waals surface area (Å²) in [6, 6.07) is 0. The Hall–Kier alpha value is -1.59. The van der Waals surface area contributed by atoms with Gasteiger partial charge in [0, 0.05) is 6.92 Å². The second kappa shape index (κ2) is 6.80. The predicted octanol–water partition coefficient (Wildman–Crippen LogP) is 0.346. The molecule has 1 atom stereocenters. The van der Waals surface area contributed by atoms with Gasteiger partial charge in [-0.15, -0.1) is 0 Å². The average molecular weight is 218 g/mol. The van der Waals surface area contributed by atoms with Gasteiger partial charge >= 0.3 is 17.9 Å². The first kappa shape index (κ1) is 13.4. The number of carboxylic acids is 1. The minimum absolute atomic E-state index is 0.207. The maximum absolute atomic E-state index is 11.0. The second-order valence-electron chi connectivity index (χ2n) is 2.84. The molecule has 0 aromatic rings. The molecule has 6 nitrogen and oxygen atoms in total. The second-order valence-corrected chi connectivity index (χ2v) is 2.84. The molecule has 0 bridgehead atoms. The lowest BCUT2D eigenvalue weighted by Gasteiger charge is -2.13. The molecule has 0 saturated carbocycles. The summed E-state index contributed by atoms with van der Waals surface area (Å²) in [5.74, 6) is -2.33. The van der Waals surface area contributed by atoms with Crippen molar-refractivity contribution >= 4 is 17.9 Å². The van der Waals surface area contributed by atoms with E-state index in [1.165, 1.54) is 0 Å². The fourth-order valence-corrected chi connectivity index (χ4v) is 0.991. The van der Waals surface area contributed by atoms with Crippen molar-refractivity contribution < 1.29 is 29.0 Å². The van der Waals surface area contributed by atoms with E-state index in [9.17, 15) is 14.4 Å². The molecule has 15 heavy (non-hydrogen) atoms. The zero-order valence-corrected chi connectivity index (χ0v) is 8.69. The fourth-order valence-electron chi connectivity index (χ4n) is 0.991. The maximum atomic E-state index is 11.0. The van der Waals surface area contributed by atoms with Gasteiger partial charge in [0.25, 0.3) is 0 Å². The van der Waals surface area contributed by atoms with Crippen molar-refractivity contribution in [1.29, 1.82) is 0 Å². The fraction of sp³-hybridized carbons (Fsp3) is 0.667. The third kappa shape index (κ3) is 7.48. The van der Waals surface area contributed by atoms with Crippen LogP contribution in [0.3, 0.4) is 0 Å². The van der Waals surface area contributed by atoms with Crippen molar-refractivity contribution in [2.24, 2.45) is 0 Å². The predicted molar refractivity (Wildman–Crippen MR) is 49.1 cm³/mol. The van der Waals surface area contributed by atoms with E-state index >= 15 is 0 Å². The van der Waals surface area contributed by atoms with Crippen molar-refractivity contribution in [3.8, 4) is 0 Å². The van der Waals surface area contributed by atoms with Gasteiger partial charge in [0.15, 0.2) is 0 Å². The molecule has 0 saturated heterocycles. The van der Waals surface area contributed by atoms with E-state index in [-0.39, 0.29) is 13.0 Å². The number of aliphatic carboxylic acids is 1. The lowest BCUT2D eigenvalue weighted by atomic mass is 10.2. The van der Waals surface area contributed by atoms with Crippen molar-refractivity contribution in [1.82, 2.24) is 0 Å². The first-order chi connectivity index (χ1) is 6.95. The van der Waals surface area contributed by atoms with E-state index in [1.54, 1.807) is 6.92 Å². The summed E-state index contributed by atoms with van der Waals surface area (Å²) in [7, 11) is 0. The van der Waals surface area contributed by atoms with Crippen LogP contribution in [-0.2, 0) is 23.9 Å². The molecule has 0 fully saturated rings. The number of carbonyl (C=O) groups is 3. The quantitative estimate of drug-likeness (QED) is 0.647. The van der Waals surface area contributed by atoms with E-state index in [0.29, 0.717) is 0 Å². The van der Waals surface area contributed by atoms with E-state index in [1.807, 2.05) is 0 Å². The van der Waals surface area contributed by atoms with Crippen LogP contribution in [0.5, 0.6) is 0 Å². The van der Waals surface area contributed by atoms with Crippen LogP contribution in [-0.4, -0.2) is 35.7 Å². The molecule has 0 aliphatic carbocycles. The monoisotopic (exact) mass is 218 g/mol. The number of ether oxygens (including phenoxy) is 2. The van der Waals surface area contributed by atoms with Gasteiger partial charge in [-0.25, -0.2) is 0 Å². The first-order valence-corrected chi connectivity index (χ1v) is 4.50. The van der Waals surface area contributed by atoms with Crippen LogP contribution in [0.25, 0.3) is 0 Å². The van der Waals surface area contributed by atoms with E-state index < -0.39 is 30.4 Å². The zero-order valence-electron chi connectivity index (χ0n) is 8.69. The lowest BCUT2D eigenvalue weighted by Crippen LogP contribution is -2.24. The standard InChI is InChI=1S/C9H14O6/c1-3-14-9(13)5-7(4-8(11)12)15-6(2)10/h7H,3-5H2,1-2H3,(H,11,12)/t7-/m1/s1. The molecule has 0 aromatic heterocycles. The Labute approximate surface area is 87.2 Å². The number of carboxylic acid groups (broad SMARTS) is 1. The third-order valence-corrected chi connectivity index (χ3v) is 1.43. The van der Waals surface area contributed by atoms with Gasteiger partial charge in [0.1, 0.15) is 6.10 Å². The molecule has 86 valence electrons. The number of carbonyl (C=O) groups excluding carboxylic acids is 2. The van der Waals surface area contributed by atoms with Crippen LogP contribution in [0.4, 0.5) is 0 Å². The molecule has 0 spiro atoms. The number of rotatable bonds is 6. The third-order valence-electron chi connectivity index (χ3n) is 1.43. The minimum atomic E-state index is -1.13. The summed E-state index contributed by atoms with van der Waals surface area (Å²) in [5, 5.41) is 8.50. The minimum Gasteiger partial charge on any atom is -0.481 e. The highest BCUT2D eigenvalue weighted by Gasteiger charge is 2.20. The van der Waals surface area contributed by atoms with Crippen LogP contribution >= 0.6 is 0 Å². The molecule has 0 heterocycles. The lowest BCUT2D eigenvalue weighted by molar-refractivity contribution is -0.155. The van der Waals surface area contributed by atoms with Crippen LogP contribution in [0.2, 0.25) is 0 Å². The first-order valence-electron chi connectivity index (χ1n) is 4.50. The molecule has 1 N–H and O–H groups in total. The highest BCUT2D eigenvalue weighted by molar-refractivity contribution is 5.74. The van der Waals surface area contributed by atoms with Gasteiger partial charge in [-0.2, -0.15) is 0 Å². The Bertz CT molecular complexity index is 231. The van der Waals surface area contributed by atoms with Gasteiger partial charge < -0.3 is 14.6 Å². The van der Waals surface area contributed by atoms with Crippen LogP contribution in [0, 0.1) is 0 Å². The smallest absolute Gasteiger partial charge is 0.309 e. The van der Waals surface area contributed by atoms with Gasteiger partial charge in [-0.05, 0) is 6.92 Å². The van der Waals surface area contributed by atoms with Crippen LogP contribution in [0.15, 0.2) is 0 Å². The maximum Gasteiger partial charge on any atom is 0.309 e. The highest BCUT2D eigenvalue weighted by Crippen LogP contribution is 2.06. The van der Waals surface area contributed by atoms with Crippen LogP contribution < -0.4 is 0 Å². The summed E-state index contributed by atoms with van der Waals surface area (Å²) < 4.78 is 9.27. The van der Waals surface area contributed by atoms with E-state index in [4.69, 9.17) is 5.11 Å². The summed E-state index contributed by atoms with van der Waals surface area (Å²) in [6.45, 7) is 2.99. The zero-order chi connectivity index (χ0) is 11.8. The Kier molecular flexibility index (Phi) is 6.08. The SMILES string of the molecule is CCOC(=O)C[C@@H](CC(=O)O)OC(C)=O. The van der Waals surface area contributed by atoms with Crippen molar-refractivity contribution in [3.05, 3.63) is 0 Å². The topological polar surface area (TPSA) is 89.9 Å². The molecular weight excluding hydrogens is 204 g/mol. The van der Waals surface area contributed by atoms with Crippen molar-refractivity contribution in [2.45, 2.75) is 32.8 Å². The van der Waals surface area contributed by atoms with Gasteiger partial charge in [-0.1, -0.05) is 0 Å². The Balaban J connectivity index is 4.16. The molecular formula is C9H14O6. The summed E-state index contributed by atoms with van der Waals surface area (Å²) in [6.07, 6.45) is -1.60. The van der Waals surface area contributed by atoms with E-state index in [2.05, 4.69) is 9.47 Å². The summed E-state index contributed by atoms with van der Waals surface area (Å²) in [5.41, 5.74) is 0. The molecule has 0 aromatic carbocycles. The van der Waals surface area contributed by atoms with E-state index in [0.717, 1.165) is 6.92 Å². The summed E-state index contributed by atoms with van der Waals surface area (Å²) >= 11 is 0. The number of esters is 2. The van der Waals surface area contributed by atoms with Crippen molar-refractivity contribution in [3.63, 3.8) is 0 Å². The molecule has 0 unspecified atom stereocenters. The molecule has 0 aliphatic heterocycles. The highest BCUT2D eigenvalue weighted by atomic mass is 16.6. The largest absolute Gasteiger partial charge is 0.481 e. The molecule has 6 heteroatoms. The molecule has 0 aliphatic rings. The molecule has 0 rings (SSSR count). The average Bonchev–Trinajstić information content (AvgIpc) is 2.00. The van der Waals surface area contributed by atoms with Crippen LogP contribution in [0.1, 0.15) is 26.7 Å².